The minimum atomic E-state index is -0.870. The van der Waals surface area contributed by atoms with Gasteiger partial charge in [0.1, 0.15) is 0 Å². The fourth-order valence-electron chi connectivity index (χ4n) is 0.317. The molecule has 0 aromatic rings. The number of rotatable bonds is 6. The van der Waals surface area contributed by atoms with E-state index in [1.165, 1.54) is 23.5 Å². The Morgan fingerprint density at radius 3 is 1.46 bits per heavy atom. The van der Waals surface area contributed by atoms with Crippen LogP contribution in [0.4, 0.5) is 0 Å². The Kier molecular flexibility index (Phi) is 17.8. The minimum absolute atomic E-state index is 0. The van der Waals surface area contributed by atoms with Gasteiger partial charge in [-0.1, -0.05) is 0 Å². The van der Waals surface area contributed by atoms with E-state index in [0.29, 0.717) is 5.08 Å². The number of carbonyl (C=O) groups is 2. The molecule has 8 heteroatoms. The molecule has 0 unspecified atom stereocenters. The Hall–Kier alpha value is 0.220. The molecule has 0 aromatic heterocycles. The van der Waals surface area contributed by atoms with Crippen LogP contribution in [0, 0.1) is 0 Å². The Balaban J connectivity index is -0.000000500. The second kappa shape index (κ2) is 12.2. The van der Waals surface area contributed by atoms with Gasteiger partial charge in [-0.2, -0.15) is 0 Å². The Morgan fingerprint density at radius 1 is 0.923 bits per heavy atom. The van der Waals surface area contributed by atoms with Crippen LogP contribution in [0.25, 0.3) is 0 Å². The molecule has 0 heterocycles. The molecule has 0 aromatic carbocycles. The van der Waals surface area contributed by atoms with Crippen molar-refractivity contribution in [1.29, 1.82) is 0 Å². The molecule has 0 amide bonds. The monoisotopic (exact) mass is 268 g/mol. The maximum absolute atomic E-state index is 9.95. The van der Waals surface area contributed by atoms with Crippen LogP contribution in [-0.4, -0.2) is 38.7 Å². The lowest BCUT2D eigenvalue weighted by atomic mass is 10.8. The number of thioether (sulfide) groups is 2. The van der Waals surface area contributed by atoms with E-state index in [-0.39, 0.29) is 36.3 Å². The third-order valence-electron chi connectivity index (χ3n) is 0.618. The molecule has 0 bridgehead atoms. The van der Waals surface area contributed by atoms with Gasteiger partial charge in [-0.15, -0.1) is 48.3 Å². The third kappa shape index (κ3) is 18.9. The number of halogens is 2. The Labute approximate surface area is 96.7 Å². The first-order valence-electron chi connectivity index (χ1n) is 2.72. The van der Waals surface area contributed by atoms with Crippen molar-refractivity contribution in [2.75, 3.05) is 16.6 Å². The van der Waals surface area contributed by atoms with Gasteiger partial charge in [0.2, 0.25) is 0 Å². The molecule has 2 N–H and O–H groups in total. The van der Waals surface area contributed by atoms with E-state index >= 15 is 0 Å². The van der Waals surface area contributed by atoms with Gasteiger partial charge in [-0.05, 0) is 0 Å². The summed E-state index contributed by atoms with van der Waals surface area (Å²) < 4.78 is 0. The fourth-order valence-corrected chi connectivity index (χ4v) is 1.80. The molecular weight excluding hydrogens is 259 g/mol. The van der Waals surface area contributed by atoms with Crippen molar-refractivity contribution in [3.8, 4) is 0 Å². The van der Waals surface area contributed by atoms with Crippen molar-refractivity contribution >= 4 is 60.3 Å². The molecule has 0 saturated heterocycles. The SMILES string of the molecule is Cl.Cl.O=C(O)CSCSCC(=O)O. The predicted molar refractivity (Wildman–Crippen MR) is 59.6 cm³/mol. The quantitative estimate of drug-likeness (QED) is 0.561. The summed E-state index contributed by atoms with van der Waals surface area (Å²) >= 11 is 2.41. The van der Waals surface area contributed by atoms with Crippen molar-refractivity contribution in [3.63, 3.8) is 0 Å². The molecule has 0 aliphatic carbocycles. The molecule has 0 saturated carbocycles. The first-order chi connectivity index (χ1) is 5.13. The highest BCUT2D eigenvalue weighted by atomic mass is 35.5. The van der Waals surface area contributed by atoms with E-state index in [4.69, 9.17) is 10.2 Å². The van der Waals surface area contributed by atoms with E-state index in [1.54, 1.807) is 0 Å². The molecular formula is C5H10Cl2O4S2. The lowest BCUT2D eigenvalue weighted by Crippen LogP contribution is -2.00. The van der Waals surface area contributed by atoms with Crippen LogP contribution in [0.5, 0.6) is 0 Å². The Bertz CT molecular complexity index is 139. The normalized spacial score (nSPS) is 8.00. The maximum Gasteiger partial charge on any atom is 0.313 e. The van der Waals surface area contributed by atoms with Gasteiger partial charge in [-0.25, -0.2) is 0 Å². The lowest BCUT2D eigenvalue weighted by molar-refractivity contribution is -0.134. The van der Waals surface area contributed by atoms with Crippen LogP contribution in [-0.2, 0) is 9.59 Å². The predicted octanol–water partition coefficient (Wildman–Crippen LogP) is 1.42. The van der Waals surface area contributed by atoms with Crippen molar-refractivity contribution in [1.82, 2.24) is 0 Å². The van der Waals surface area contributed by atoms with Crippen LogP contribution < -0.4 is 0 Å². The van der Waals surface area contributed by atoms with Gasteiger partial charge in [0.25, 0.3) is 0 Å². The molecule has 0 fully saturated rings. The summed E-state index contributed by atoms with van der Waals surface area (Å²) in [4.78, 5) is 19.9. The van der Waals surface area contributed by atoms with Crippen LogP contribution in [0.15, 0.2) is 0 Å². The van der Waals surface area contributed by atoms with E-state index in [9.17, 15) is 9.59 Å². The summed E-state index contributed by atoms with van der Waals surface area (Å²) in [6.07, 6.45) is 0. The summed E-state index contributed by atoms with van der Waals surface area (Å²) in [5.74, 6) is -1.67. The molecule has 0 atom stereocenters. The summed E-state index contributed by atoms with van der Waals surface area (Å²) in [5, 5.41) is 16.9. The lowest BCUT2D eigenvalue weighted by Gasteiger charge is -1.94. The van der Waals surface area contributed by atoms with Crippen molar-refractivity contribution in [2.45, 2.75) is 0 Å². The summed E-state index contributed by atoms with van der Waals surface area (Å²) in [6.45, 7) is 0. The number of hydrogen-bond donors (Lipinski definition) is 2. The standard InChI is InChI=1S/C5H8O4S2.2ClH/c6-4(7)1-10-3-11-2-5(8)9;;/h1-3H2,(H,6,7)(H,8,9);2*1H. The van der Waals surface area contributed by atoms with Gasteiger partial charge in [0.05, 0.1) is 11.5 Å². The molecule has 4 nitrogen and oxygen atoms in total. The molecule has 0 spiro atoms. The highest BCUT2D eigenvalue weighted by molar-refractivity contribution is 8.16. The number of hydrogen-bond acceptors (Lipinski definition) is 4. The van der Waals surface area contributed by atoms with Gasteiger partial charge in [0, 0.05) is 5.08 Å². The van der Waals surface area contributed by atoms with Crippen LogP contribution in [0.3, 0.4) is 0 Å². The summed E-state index contributed by atoms with van der Waals surface area (Å²) in [5.41, 5.74) is 0. The zero-order chi connectivity index (χ0) is 8.69. The highest BCUT2D eigenvalue weighted by Gasteiger charge is 1.99. The van der Waals surface area contributed by atoms with Crippen LogP contribution >= 0.6 is 48.3 Å². The van der Waals surface area contributed by atoms with Gasteiger partial charge in [0.15, 0.2) is 0 Å². The van der Waals surface area contributed by atoms with E-state index < -0.39 is 11.9 Å². The fraction of sp³-hybridized carbons (Fsp3) is 0.600. The summed E-state index contributed by atoms with van der Waals surface area (Å²) in [7, 11) is 0. The highest BCUT2D eigenvalue weighted by Crippen LogP contribution is 2.10. The van der Waals surface area contributed by atoms with E-state index in [2.05, 4.69) is 0 Å². The largest absolute Gasteiger partial charge is 0.481 e. The third-order valence-corrected chi connectivity index (χ3v) is 2.85. The molecule has 0 radical (unpaired) electrons. The van der Waals surface area contributed by atoms with Crippen LogP contribution in [0.1, 0.15) is 0 Å². The zero-order valence-electron chi connectivity index (χ0n) is 6.47. The topological polar surface area (TPSA) is 74.6 Å². The smallest absolute Gasteiger partial charge is 0.313 e. The maximum atomic E-state index is 9.95. The number of carboxylic acids is 2. The van der Waals surface area contributed by atoms with Gasteiger partial charge >= 0.3 is 11.9 Å². The first-order valence-corrected chi connectivity index (χ1v) is 5.03. The second-order valence-corrected chi connectivity index (χ2v) is 3.94. The summed E-state index contributed by atoms with van der Waals surface area (Å²) in [6, 6.07) is 0. The van der Waals surface area contributed by atoms with Crippen molar-refractivity contribution in [3.05, 3.63) is 0 Å². The number of carboxylic acid groups (broad SMARTS) is 2. The van der Waals surface area contributed by atoms with E-state index in [1.807, 2.05) is 0 Å². The van der Waals surface area contributed by atoms with E-state index in [0.717, 1.165) is 0 Å². The zero-order valence-corrected chi connectivity index (χ0v) is 9.73. The first kappa shape index (κ1) is 18.9. The number of aliphatic carboxylic acids is 2. The minimum Gasteiger partial charge on any atom is -0.481 e. The molecule has 80 valence electrons. The van der Waals surface area contributed by atoms with Gasteiger partial charge in [-0.3, -0.25) is 9.59 Å². The van der Waals surface area contributed by atoms with Crippen LogP contribution in [0.2, 0.25) is 0 Å². The van der Waals surface area contributed by atoms with Crippen molar-refractivity contribution in [2.24, 2.45) is 0 Å². The average Bonchev–Trinajstić information content (AvgIpc) is 1.85. The molecule has 0 aliphatic heterocycles. The Morgan fingerprint density at radius 2 is 1.23 bits per heavy atom. The van der Waals surface area contributed by atoms with Gasteiger partial charge < -0.3 is 10.2 Å². The molecule has 13 heavy (non-hydrogen) atoms. The molecule has 0 aliphatic rings. The van der Waals surface area contributed by atoms with Crippen molar-refractivity contribution < 1.29 is 19.8 Å². The molecule has 0 rings (SSSR count). The second-order valence-electron chi connectivity index (χ2n) is 1.60. The average molecular weight is 269 g/mol.